The molecule has 1 unspecified atom stereocenters. The van der Waals surface area contributed by atoms with Crippen LogP contribution in [0.2, 0.25) is 0 Å². The molecule has 0 radical (unpaired) electrons. The summed E-state index contributed by atoms with van der Waals surface area (Å²) in [5, 5.41) is 13.4. The molecule has 1 aliphatic rings. The molecule has 0 aromatic heterocycles. The van der Waals surface area contributed by atoms with Gasteiger partial charge in [0.2, 0.25) is 0 Å². The molecule has 0 fully saturated rings. The SMILES string of the molecule is CCOC(=O)C1=NNC(C)(/C(=N/c2ccc(C#N)c(C(F)(F)F)c2)SCC)C1. The van der Waals surface area contributed by atoms with Crippen LogP contribution in [0.15, 0.2) is 28.3 Å². The van der Waals surface area contributed by atoms with E-state index in [1.807, 2.05) is 6.92 Å². The highest BCUT2D eigenvalue weighted by atomic mass is 32.2. The molecule has 0 spiro atoms. The lowest BCUT2D eigenvalue weighted by Gasteiger charge is -2.25. The maximum Gasteiger partial charge on any atom is 0.417 e. The number of benzene rings is 1. The van der Waals surface area contributed by atoms with E-state index in [0.717, 1.165) is 12.1 Å². The predicted octanol–water partition coefficient (Wildman–Crippen LogP) is 4.03. The third kappa shape index (κ3) is 4.84. The number of hydrogen-bond acceptors (Lipinski definition) is 7. The lowest BCUT2D eigenvalue weighted by molar-refractivity contribution is -0.138. The normalized spacial score (nSPS) is 19.6. The van der Waals surface area contributed by atoms with Crippen molar-refractivity contribution >= 4 is 34.2 Å². The zero-order chi connectivity index (χ0) is 20.9. The Hall–Kier alpha value is -2.54. The highest BCUT2D eigenvalue weighted by molar-refractivity contribution is 8.14. The van der Waals surface area contributed by atoms with E-state index in [-0.39, 0.29) is 24.4 Å². The number of esters is 1. The Kier molecular flexibility index (Phi) is 6.72. The Morgan fingerprint density at radius 3 is 2.75 bits per heavy atom. The Morgan fingerprint density at radius 2 is 2.18 bits per heavy atom. The number of hydrogen-bond donors (Lipinski definition) is 1. The summed E-state index contributed by atoms with van der Waals surface area (Å²) in [6, 6.07) is 4.85. The van der Waals surface area contributed by atoms with E-state index in [0.29, 0.717) is 10.8 Å². The van der Waals surface area contributed by atoms with E-state index in [1.54, 1.807) is 19.9 Å². The van der Waals surface area contributed by atoms with Gasteiger partial charge in [0, 0.05) is 6.42 Å². The molecule has 150 valence electrons. The first-order valence-corrected chi connectivity index (χ1v) is 9.47. The quantitative estimate of drug-likeness (QED) is 0.448. The van der Waals surface area contributed by atoms with E-state index in [2.05, 4.69) is 15.5 Å². The molecule has 0 saturated carbocycles. The van der Waals surface area contributed by atoms with Gasteiger partial charge < -0.3 is 4.74 Å². The van der Waals surface area contributed by atoms with E-state index >= 15 is 0 Å². The molecule has 10 heteroatoms. The number of hydrazone groups is 1. The molecule has 1 N–H and O–H groups in total. The van der Waals surface area contributed by atoms with Crippen LogP contribution in [0.25, 0.3) is 0 Å². The Labute approximate surface area is 164 Å². The summed E-state index contributed by atoms with van der Waals surface area (Å²) in [5.41, 5.74) is 0.767. The minimum atomic E-state index is -4.66. The van der Waals surface area contributed by atoms with Crippen LogP contribution in [0.3, 0.4) is 0 Å². The molecule has 1 atom stereocenters. The van der Waals surface area contributed by atoms with Crippen LogP contribution in [-0.2, 0) is 15.7 Å². The minimum Gasteiger partial charge on any atom is -0.461 e. The summed E-state index contributed by atoms with van der Waals surface area (Å²) in [5.74, 6) is 0.0741. The van der Waals surface area contributed by atoms with Gasteiger partial charge in [-0.1, -0.05) is 6.92 Å². The summed E-state index contributed by atoms with van der Waals surface area (Å²) >= 11 is 1.33. The largest absolute Gasteiger partial charge is 0.461 e. The first kappa shape index (κ1) is 21.8. The number of nitriles is 1. The van der Waals surface area contributed by atoms with Gasteiger partial charge in [-0.15, -0.1) is 11.8 Å². The average Bonchev–Trinajstić information content (AvgIpc) is 3.04. The number of nitrogens with one attached hydrogen (secondary N) is 1. The zero-order valence-electron chi connectivity index (χ0n) is 15.6. The molecule has 28 heavy (non-hydrogen) atoms. The second-order valence-corrected chi connectivity index (χ2v) is 7.34. The van der Waals surface area contributed by atoms with Gasteiger partial charge in [0.25, 0.3) is 0 Å². The van der Waals surface area contributed by atoms with E-state index in [9.17, 15) is 18.0 Å². The summed E-state index contributed by atoms with van der Waals surface area (Å²) in [4.78, 5) is 16.3. The lowest BCUT2D eigenvalue weighted by atomic mass is 9.98. The van der Waals surface area contributed by atoms with Crippen molar-refractivity contribution in [3.63, 3.8) is 0 Å². The zero-order valence-corrected chi connectivity index (χ0v) is 16.4. The first-order chi connectivity index (χ1) is 13.1. The second kappa shape index (κ2) is 8.65. The summed E-state index contributed by atoms with van der Waals surface area (Å²) in [7, 11) is 0. The number of alkyl halides is 3. The molecule has 1 aromatic carbocycles. The smallest absolute Gasteiger partial charge is 0.417 e. The number of ether oxygens (including phenoxy) is 1. The predicted molar refractivity (Wildman–Crippen MR) is 102 cm³/mol. The lowest BCUT2D eigenvalue weighted by Crippen LogP contribution is -2.43. The Balaban J connectivity index is 2.38. The van der Waals surface area contributed by atoms with Gasteiger partial charge in [-0.25, -0.2) is 9.79 Å². The highest BCUT2D eigenvalue weighted by Crippen LogP contribution is 2.35. The Morgan fingerprint density at radius 1 is 1.46 bits per heavy atom. The third-order valence-electron chi connectivity index (χ3n) is 3.88. The first-order valence-electron chi connectivity index (χ1n) is 8.48. The molecular formula is C18H19F3N4O2S. The van der Waals surface area contributed by atoms with Gasteiger partial charge in [-0.05, 0) is 37.8 Å². The van der Waals surface area contributed by atoms with Crippen LogP contribution < -0.4 is 5.43 Å². The van der Waals surface area contributed by atoms with Crippen molar-refractivity contribution in [1.82, 2.24) is 5.43 Å². The number of carbonyl (C=O) groups is 1. The third-order valence-corrected chi connectivity index (χ3v) is 4.99. The summed E-state index contributed by atoms with van der Waals surface area (Å²) < 4.78 is 44.6. The van der Waals surface area contributed by atoms with Crippen LogP contribution >= 0.6 is 11.8 Å². The van der Waals surface area contributed by atoms with E-state index < -0.39 is 28.8 Å². The minimum absolute atomic E-state index is 0.0647. The molecule has 1 aromatic rings. The average molecular weight is 412 g/mol. The highest BCUT2D eigenvalue weighted by Gasteiger charge is 2.40. The van der Waals surface area contributed by atoms with Crippen molar-refractivity contribution in [2.24, 2.45) is 10.1 Å². The summed E-state index contributed by atoms with van der Waals surface area (Å²) in [6.07, 6.45) is -4.47. The van der Waals surface area contributed by atoms with Gasteiger partial charge in [-0.2, -0.15) is 23.5 Å². The number of rotatable bonds is 5. The van der Waals surface area contributed by atoms with Gasteiger partial charge in [-0.3, -0.25) is 5.43 Å². The maximum atomic E-state index is 13.2. The number of halogens is 3. The molecule has 2 rings (SSSR count). The van der Waals surface area contributed by atoms with Gasteiger partial charge >= 0.3 is 12.1 Å². The fourth-order valence-corrected chi connectivity index (χ4v) is 3.44. The van der Waals surface area contributed by atoms with E-state index in [4.69, 9.17) is 10.00 Å². The number of thioether (sulfide) groups is 1. The molecule has 1 aliphatic heterocycles. The van der Waals surface area contributed by atoms with Crippen LogP contribution in [-0.4, -0.2) is 34.6 Å². The molecule has 0 amide bonds. The van der Waals surface area contributed by atoms with Crippen LogP contribution in [0.1, 0.15) is 38.3 Å². The standard InChI is InChI=1S/C18H19F3N4O2S/c1-4-27-15(26)14-9-17(3,25-24-14)16(28-5-2)23-12-7-6-11(10-22)13(8-12)18(19,20)21/h6-8,25H,4-5,9H2,1-3H3/b23-16-. The van der Waals surface area contributed by atoms with Crippen LogP contribution in [0, 0.1) is 11.3 Å². The topological polar surface area (TPSA) is 86.8 Å². The molecule has 1 heterocycles. The van der Waals surface area contributed by atoms with Gasteiger partial charge in [0.05, 0.1) is 29.5 Å². The van der Waals surface area contributed by atoms with Crippen molar-refractivity contribution in [3.8, 4) is 6.07 Å². The number of carbonyl (C=O) groups excluding carboxylic acids is 1. The molecular weight excluding hydrogens is 393 g/mol. The van der Waals surface area contributed by atoms with Crippen LogP contribution in [0.5, 0.6) is 0 Å². The fraction of sp³-hybridized carbons (Fsp3) is 0.444. The molecule has 0 saturated heterocycles. The van der Waals surface area contributed by atoms with Gasteiger partial charge in [0.1, 0.15) is 16.3 Å². The van der Waals surface area contributed by atoms with Crippen molar-refractivity contribution in [1.29, 1.82) is 5.26 Å². The van der Waals surface area contributed by atoms with E-state index in [1.165, 1.54) is 17.8 Å². The van der Waals surface area contributed by atoms with Crippen LogP contribution in [0.4, 0.5) is 18.9 Å². The second-order valence-electron chi connectivity index (χ2n) is 6.09. The molecule has 6 nitrogen and oxygen atoms in total. The number of nitrogens with zero attached hydrogens (tertiary/aromatic N) is 3. The monoisotopic (exact) mass is 412 g/mol. The fourth-order valence-electron chi connectivity index (χ4n) is 2.56. The van der Waals surface area contributed by atoms with Crippen molar-refractivity contribution in [2.75, 3.05) is 12.4 Å². The van der Waals surface area contributed by atoms with Crippen molar-refractivity contribution in [3.05, 3.63) is 29.3 Å². The van der Waals surface area contributed by atoms with Gasteiger partial charge in [0.15, 0.2) is 0 Å². The number of aliphatic imine (C=N–C) groups is 1. The molecule has 0 bridgehead atoms. The molecule has 0 aliphatic carbocycles. The summed E-state index contributed by atoms with van der Waals surface area (Å²) in [6.45, 7) is 5.54. The maximum absolute atomic E-state index is 13.2. The Bertz CT molecular complexity index is 861. The van der Waals surface area contributed by atoms with Crippen molar-refractivity contribution < 1.29 is 22.7 Å². The van der Waals surface area contributed by atoms with Crippen molar-refractivity contribution in [2.45, 2.75) is 38.9 Å².